The molecule has 0 aromatic heterocycles. The third kappa shape index (κ3) is 9.75. The Labute approximate surface area is 359 Å². The van der Waals surface area contributed by atoms with Crippen LogP contribution in [0.2, 0.25) is 5.82 Å². The summed E-state index contributed by atoms with van der Waals surface area (Å²) < 4.78 is 0. The molecule has 4 unspecified atom stereocenters. The second-order valence-corrected chi connectivity index (χ2v) is 18.3. The average Bonchev–Trinajstić information content (AvgIpc) is 3.59. The summed E-state index contributed by atoms with van der Waals surface area (Å²) in [5.41, 5.74) is 17.1. The molecular formula is C57H69BN. The van der Waals surface area contributed by atoms with E-state index in [0.717, 1.165) is 25.2 Å². The molecule has 1 aromatic carbocycles. The highest BCUT2D eigenvalue weighted by molar-refractivity contribution is 6.49. The maximum absolute atomic E-state index is 3.83. The van der Waals surface area contributed by atoms with Crippen LogP contribution in [0.15, 0.2) is 184 Å². The lowest BCUT2D eigenvalue weighted by molar-refractivity contribution is 0.466. The lowest BCUT2D eigenvalue weighted by Crippen LogP contribution is -2.33. The Morgan fingerprint density at radius 3 is 2.44 bits per heavy atom. The molecule has 0 saturated heterocycles. The summed E-state index contributed by atoms with van der Waals surface area (Å²) in [4.78, 5) is 2.61. The summed E-state index contributed by atoms with van der Waals surface area (Å²) in [5, 5.41) is 0. The maximum atomic E-state index is 3.83. The monoisotopic (exact) mass is 779 g/mol. The number of hydrogen-bond acceptors (Lipinski definition) is 1. The third-order valence-corrected chi connectivity index (χ3v) is 14.1. The second-order valence-electron chi connectivity index (χ2n) is 18.3. The molecule has 1 aromatic rings. The first-order valence-corrected chi connectivity index (χ1v) is 23.0. The van der Waals surface area contributed by atoms with Crippen LogP contribution in [0.5, 0.6) is 0 Å². The van der Waals surface area contributed by atoms with Gasteiger partial charge in [0.05, 0.1) is 0 Å². The van der Waals surface area contributed by atoms with E-state index in [1.807, 2.05) is 12.2 Å². The quantitative estimate of drug-likeness (QED) is 0.0742. The Morgan fingerprint density at radius 2 is 1.71 bits per heavy atom. The van der Waals surface area contributed by atoms with Gasteiger partial charge in [0.15, 0.2) is 7.28 Å². The van der Waals surface area contributed by atoms with Gasteiger partial charge in [0.2, 0.25) is 0 Å². The van der Waals surface area contributed by atoms with E-state index in [2.05, 4.69) is 183 Å². The van der Waals surface area contributed by atoms with Gasteiger partial charge in [-0.25, -0.2) is 0 Å². The Kier molecular flexibility index (Phi) is 14.2. The predicted octanol–water partition coefficient (Wildman–Crippen LogP) is 15.9. The van der Waals surface area contributed by atoms with Crippen LogP contribution >= 0.6 is 0 Å². The first kappa shape index (κ1) is 42.6. The van der Waals surface area contributed by atoms with E-state index in [1.165, 1.54) is 89.0 Å². The third-order valence-electron chi connectivity index (χ3n) is 14.1. The zero-order valence-corrected chi connectivity index (χ0v) is 37.3. The van der Waals surface area contributed by atoms with Crippen LogP contribution in [0, 0.1) is 35.5 Å². The zero-order chi connectivity index (χ0) is 41.5. The normalized spacial score (nSPS) is 27.2. The van der Waals surface area contributed by atoms with Gasteiger partial charge in [-0.2, -0.15) is 0 Å². The molecule has 0 N–H and O–H groups in total. The number of nitrogens with zero attached hydrogens (tertiary/aromatic N) is 1. The van der Waals surface area contributed by atoms with E-state index in [1.54, 1.807) is 16.6 Å². The molecule has 0 amide bonds. The molecule has 305 valence electrons. The number of allylic oxidation sites excluding steroid dienone is 26. The van der Waals surface area contributed by atoms with Gasteiger partial charge >= 0.3 is 0 Å². The Bertz CT molecular complexity index is 2140. The second kappa shape index (κ2) is 19.7. The minimum Gasteiger partial charge on any atom is -0.317 e. The molecule has 2 heteroatoms. The lowest BCUT2D eigenvalue weighted by atomic mass is 9.54. The minimum absolute atomic E-state index is 0.286. The molecule has 0 bridgehead atoms. The van der Waals surface area contributed by atoms with Crippen LogP contribution in [-0.2, 0) is 0 Å². The van der Waals surface area contributed by atoms with Crippen LogP contribution in [0.3, 0.4) is 0 Å². The molecule has 0 fully saturated rings. The Balaban J connectivity index is 1.20. The molecular weight excluding hydrogens is 709 g/mol. The van der Waals surface area contributed by atoms with Crippen molar-refractivity contribution in [3.05, 3.63) is 190 Å². The minimum atomic E-state index is 0.286. The summed E-state index contributed by atoms with van der Waals surface area (Å²) in [5.74, 6) is 3.69. The largest absolute Gasteiger partial charge is 0.317 e. The van der Waals surface area contributed by atoms with E-state index in [4.69, 9.17) is 0 Å². The summed E-state index contributed by atoms with van der Waals surface area (Å²) in [6, 6.07) is 9.45. The highest BCUT2D eigenvalue weighted by Gasteiger charge is 2.38. The molecule has 59 heavy (non-hydrogen) atoms. The van der Waals surface area contributed by atoms with Gasteiger partial charge in [0, 0.05) is 28.9 Å². The number of fused-ring (bicyclic) bond motifs is 2. The molecule has 5 aliphatic carbocycles. The van der Waals surface area contributed by atoms with Crippen molar-refractivity contribution in [3.63, 3.8) is 0 Å². The number of hydrogen-bond donors (Lipinski definition) is 0. The molecule has 0 saturated carbocycles. The van der Waals surface area contributed by atoms with Crippen molar-refractivity contribution in [1.82, 2.24) is 0 Å². The summed E-state index contributed by atoms with van der Waals surface area (Å²) in [7, 11) is 2.64. The lowest BCUT2D eigenvalue weighted by Gasteiger charge is -2.41. The van der Waals surface area contributed by atoms with Crippen LogP contribution in [0.25, 0.3) is 5.57 Å². The summed E-state index contributed by atoms with van der Waals surface area (Å²) in [6.07, 6.45) is 50.1. The standard InChI is InChI=1S/C57H69BN/c1-9-11-13-18-40(4)45-25-29-49(30-26-45)59(50-31-27-46(28-32-50)48-37-39(3)36-47(38-48)41(5)19-14-12-10-2)56-35-33-51(53-21-15-16-22-54(53)56)42(6)24-34-55-44(8)52-23-17-20-43(7)57(52)58-55/h10,12,14-19,21-23,25,27-29,31-33,35,37-39,42-43,52-54,57H,2,9,11,13,20,24,26,30,34,36H2,1,3-8H3/b14-12-,40-18+,41-19+/t39?,42-,43?,52+,53?,54-,57?/m1/s1. The average molecular weight is 779 g/mol. The highest BCUT2D eigenvalue weighted by atomic mass is 15.2. The molecule has 1 aliphatic heterocycles. The molecule has 6 aliphatic rings. The van der Waals surface area contributed by atoms with Gasteiger partial charge in [0.25, 0.3) is 0 Å². The van der Waals surface area contributed by atoms with Gasteiger partial charge in [-0.3, -0.25) is 0 Å². The van der Waals surface area contributed by atoms with Crippen molar-refractivity contribution in [2.45, 2.75) is 112 Å². The van der Waals surface area contributed by atoms with Crippen LogP contribution in [0.4, 0.5) is 5.69 Å². The fraction of sp³-hybridized carbons (Fsp3) is 0.404. The van der Waals surface area contributed by atoms with Gasteiger partial charge in [-0.05, 0) is 142 Å². The van der Waals surface area contributed by atoms with E-state index < -0.39 is 0 Å². The predicted molar refractivity (Wildman–Crippen MR) is 259 cm³/mol. The molecule has 7 atom stereocenters. The first-order valence-electron chi connectivity index (χ1n) is 23.0. The topological polar surface area (TPSA) is 3.24 Å². The van der Waals surface area contributed by atoms with Crippen LogP contribution in [-0.4, -0.2) is 7.28 Å². The molecule has 1 nitrogen and oxygen atoms in total. The van der Waals surface area contributed by atoms with Crippen molar-refractivity contribution in [2.24, 2.45) is 35.5 Å². The van der Waals surface area contributed by atoms with E-state index in [-0.39, 0.29) is 5.92 Å². The van der Waals surface area contributed by atoms with Crippen LogP contribution < -0.4 is 4.90 Å². The Hall–Kier alpha value is -4.56. The SMILES string of the molecule is C=C/C=C\C=C(/C)C1=CC(c2ccc(N(C3=CC=C(/C(C)=C/CCCC)CC3)C3=CC=C([C@H](C)CCC4=C(C)[C@@H]5C=CCC(C)C5[B]4)C4C=CC=C[C@@H]34)cc2)=CC(C)C1. The fourth-order valence-electron chi connectivity index (χ4n) is 10.4. The number of unbranched alkanes of at least 4 members (excludes halogenated alkanes) is 2. The van der Waals surface area contributed by atoms with Crippen molar-refractivity contribution in [3.8, 4) is 0 Å². The number of rotatable bonds is 15. The Morgan fingerprint density at radius 1 is 0.915 bits per heavy atom. The van der Waals surface area contributed by atoms with E-state index in [9.17, 15) is 0 Å². The van der Waals surface area contributed by atoms with Crippen molar-refractivity contribution in [1.29, 1.82) is 0 Å². The molecule has 1 radical (unpaired) electrons. The zero-order valence-electron chi connectivity index (χ0n) is 37.3. The molecule has 7 rings (SSSR count). The van der Waals surface area contributed by atoms with E-state index in [0.29, 0.717) is 29.5 Å². The highest BCUT2D eigenvalue weighted by Crippen LogP contribution is 2.48. The van der Waals surface area contributed by atoms with Gasteiger partial charge in [0.1, 0.15) is 0 Å². The molecule has 1 heterocycles. The first-order chi connectivity index (χ1) is 28.7. The maximum Gasteiger partial charge on any atom is 0.150 e. The van der Waals surface area contributed by atoms with Gasteiger partial charge in [-0.15, -0.1) is 5.47 Å². The van der Waals surface area contributed by atoms with Crippen molar-refractivity contribution in [2.75, 3.05) is 4.90 Å². The van der Waals surface area contributed by atoms with Crippen molar-refractivity contribution < 1.29 is 0 Å². The number of anilines is 1. The smallest absolute Gasteiger partial charge is 0.150 e. The fourth-order valence-corrected chi connectivity index (χ4v) is 10.4. The molecule has 0 spiro atoms. The van der Waals surface area contributed by atoms with E-state index >= 15 is 0 Å². The van der Waals surface area contributed by atoms with Crippen molar-refractivity contribution >= 4 is 18.5 Å². The van der Waals surface area contributed by atoms with Crippen LogP contribution in [0.1, 0.15) is 112 Å². The van der Waals surface area contributed by atoms with Gasteiger partial charge < -0.3 is 4.90 Å². The summed E-state index contributed by atoms with van der Waals surface area (Å²) >= 11 is 0. The number of benzene rings is 1. The summed E-state index contributed by atoms with van der Waals surface area (Å²) in [6.45, 7) is 20.3. The van der Waals surface area contributed by atoms with Gasteiger partial charge in [-0.1, -0.05) is 173 Å².